The molecule has 0 radical (unpaired) electrons. The normalized spacial score (nSPS) is 11.0. The fourth-order valence-corrected chi connectivity index (χ4v) is 3.39. The van der Waals surface area contributed by atoms with Gasteiger partial charge in [0, 0.05) is 41.6 Å². The van der Waals surface area contributed by atoms with E-state index in [9.17, 15) is 9.59 Å². The number of nitrogens with zero attached hydrogens (tertiary/aromatic N) is 4. The molecule has 0 saturated heterocycles. The lowest BCUT2D eigenvalue weighted by molar-refractivity contribution is -0.116. The lowest BCUT2D eigenvalue weighted by Gasteiger charge is -2.07. The van der Waals surface area contributed by atoms with Gasteiger partial charge < -0.3 is 5.32 Å². The molecule has 1 amide bonds. The van der Waals surface area contributed by atoms with Crippen LogP contribution in [0.15, 0.2) is 65.7 Å². The van der Waals surface area contributed by atoms with Crippen molar-refractivity contribution in [1.82, 2.24) is 19.2 Å². The minimum atomic E-state index is -0.268. The van der Waals surface area contributed by atoms with Crippen LogP contribution in [0.1, 0.15) is 24.2 Å². The van der Waals surface area contributed by atoms with Gasteiger partial charge in [-0.2, -0.15) is 0 Å². The summed E-state index contributed by atoms with van der Waals surface area (Å²) in [5, 5.41) is 11.7. The molecule has 4 aromatic rings. The summed E-state index contributed by atoms with van der Waals surface area (Å²) in [6.07, 6.45) is 4.92. The molecule has 152 valence electrons. The molecule has 0 bridgehead atoms. The van der Waals surface area contributed by atoms with E-state index in [1.165, 1.54) is 4.57 Å². The van der Waals surface area contributed by atoms with Crippen LogP contribution in [0.2, 0.25) is 5.02 Å². The molecular weight excluding hydrogens is 402 g/mol. The summed E-state index contributed by atoms with van der Waals surface area (Å²) in [7, 11) is 0. The van der Waals surface area contributed by atoms with Crippen molar-refractivity contribution in [3.05, 3.63) is 87.7 Å². The molecule has 8 heteroatoms. The third-order valence-corrected chi connectivity index (χ3v) is 5.00. The van der Waals surface area contributed by atoms with Crippen molar-refractivity contribution in [3.8, 4) is 5.69 Å². The van der Waals surface area contributed by atoms with Gasteiger partial charge in [-0.15, -0.1) is 10.2 Å². The second kappa shape index (κ2) is 8.51. The van der Waals surface area contributed by atoms with Crippen LogP contribution < -0.4 is 10.9 Å². The lowest BCUT2D eigenvalue weighted by atomic mass is 10.2. The van der Waals surface area contributed by atoms with Crippen LogP contribution in [-0.4, -0.2) is 25.1 Å². The highest BCUT2D eigenvalue weighted by Crippen LogP contribution is 2.13. The van der Waals surface area contributed by atoms with Crippen molar-refractivity contribution in [3.63, 3.8) is 0 Å². The van der Waals surface area contributed by atoms with E-state index in [1.54, 1.807) is 41.1 Å². The Labute approximate surface area is 178 Å². The Morgan fingerprint density at radius 3 is 2.67 bits per heavy atom. The van der Waals surface area contributed by atoms with Crippen molar-refractivity contribution in [1.29, 1.82) is 0 Å². The maximum atomic E-state index is 12.8. The van der Waals surface area contributed by atoms with Gasteiger partial charge in [-0.05, 0) is 55.3 Å². The predicted octanol–water partition coefficient (Wildman–Crippen LogP) is 3.80. The largest absolute Gasteiger partial charge is 0.326 e. The molecule has 0 fully saturated rings. The number of benzene rings is 2. The fraction of sp³-hybridized carbons (Fsp3) is 0.182. The van der Waals surface area contributed by atoms with Gasteiger partial charge >= 0.3 is 5.56 Å². The van der Waals surface area contributed by atoms with Crippen LogP contribution in [0.25, 0.3) is 11.3 Å². The van der Waals surface area contributed by atoms with Crippen LogP contribution in [0, 0.1) is 6.92 Å². The van der Waals surface area contributed by atoms with Gasteiger partial charge in [0.25, 0.3) is 0 Å². The van der Waals surface area contributed by atoms with Crippen LogP contribution in [0.5, 0.6) is 0 Å². The molecule has 2 aromatic heterocycles. The van der Waals surface area contributed by atoms with Crippen molar-refractivity contribution >= 4 is 28.8 Å². The number of carbonyl (C=O) groups excluding carboxylic acids is 1. The van der Waals surface area contributed by atoms with Crippen molar-refractivity contribution in [2.24, 2.45) is 0 Å². The highest BCUT2D eigenvalue weighted by molar-refractivity contribution is 6.30. The molecule has 7 nitrogen and oxygen atoms in total. The Morgan fingerprint density at radius 1 is 1.10 bits per heavy atom. The summed E-state index contributed by atoms with van der Waals surface area (Å²) in [5.41, 5.74) is 2.55. The monoisotopic (exact) mass is 421 g/mol. The summed E-state index contributed by atoms with van der Waals surface area (Å²) < 4.78 is 3.17. The van der Waals surface area contributed by atoms with Crippen LogP contribution in [0.3, 0.4) is 0 Å². The molecule has 0 atom stereocenters. The smallest absolute Gasteiger partial charge is 0.300 e. The molecule has 0 aliphatic carbocycles. The minimum absolute atomic E-state index is 0.0560. The lowest BCUT2D eigenvalue weighted by Crippen LogP contribution is -2.20. The fourth-order valence-electron chi connectivity index (χ4n) is 3.26. The average Bonchev–Trinajstić information content (AvgIpc) is 3.13. The first kappa shape index (κ1) is 19.8. The number of aryl methyl sites for hydroxylation is 2. The quantitative estimate of drug-likeness (QED) is 0.513. The number of carbonyl (C=O) groups is 1. The second-order valence-electron chi connectivity index (χ2n) is 7.03. The number of rotatable bonds is 6. The average molecular weight is 422 g/mol. The number of aromatic nitrogens is 4. The molecule has 1 N–H and O–H groups in total. The molecule has 2 aromatic carbocycles. The van der Waals surface area contributed by atoms with Gasteiger partial charge in [0.2, 0.25) is 11.6 Å². The Bertz CT molecular complexity index is 1260. The third-order valence-electron chi connectivity index (χ3n) is 4.75. The number of amides is 1. The maximum absolute atomic E-state index is 12.8. The van der Waals surface area contributed by atoms with E-state index < -0.39 is 0 Å². The highest BCUT2D eigenvalue weighted by Gasteiger charge is 2.12. The summed E-state index contributed by atoms with van der Waals surface area (Å²) in [5.74, 6) is 0.591. The van der Waals surface area contributed by atoms with E-state index in [2.05, 4.69) is 15.5 Å². The van der Waals surface area contributed by atoms with E-state index >= 15 is 0 Å². The maximum Gasteiger partial charge on any atom is 0.300 e. The van der Waals surface area contributed by atoms with E-state index in [4.69, 9.17) is 11.6 Å². The van der Waals surface area contributed by atoms with Crippen LogP contribution in [-0.2, 0) is 11.2 Å². The molecule has 4 rings (SSSR count). The van der Waals surface area contributed by atoms with E-state index in [0.717, 1.165) is 11.3 Å². The molecule has 0 spiro atoms. The highest BCUT2D eigenvalue weighted by atomic mass is 35.5. The molecule has 0 unspecified atom stereocenters. The number of halogens is 1. The molecule has 30 heavy (non-hydrogen) atoms. The van der Waals surface area contributed by atoms with Crippen molar-refractivity contribution < 1.29 is 4.79 Å². The van der Waals surface area contributed by atoms with Crippen molar-refractivity contribution in [2.75, 3.05) is 5.32 Å². The van der Waals surface area contributed by atoms with Gasteiger partial charge in [0.05, 0.1) is 0 Å². The van der Waals surface area contributed by atoms with Crippen molar-refractivity contribution in [2.45, 2.75) is 26.2 Å². The zero-order chi connectivity index (χ0) is 21.1. The van der Waals surface area contributed by atoms with Crippen LogP contribution in [0.4, 0.5) is 5.69 Å². The SMILES string of the molecule is Cc1cccc(NC(=O)CCCc2nnc3c(=O)n(-c4ccc(Cl)cc4)ccn23)c1. The van der Waals surface area contributed by atoms with Gasteiger partial charge in [-0.1, -0.05) is 23.7 Å². The van der Waals surface area contributed by atoms with E-state index in [-0.39, 0.29) is 17.1 Å². The molecule has 0 saturated carbocycles. The Hall–Kier alpha value is -3.45. The first-order valence-corrected chi connectivity index (χ1v) is 9.97. The van der Waals surface area contributed by atoms with E-state index in [1.807, 2.05) is 31.2 Å². The van der Waals surface area contributed by atoms with Crippen LogP contribution >= 0.6 is 11.6 Å². The van der Waals surface area contributed by atoms with Gasteiger partial charge in [0.15, 0.2) is 0 Å². The number of hydrogen-bond acceptors (Lipinski definition) is 4. The minimum Gasteiger partial charge on any atom is -0.326 e. The summed E-state index contributed by atoms with van der Waals surface area (Å²) >= 11 is 5.92. The third kappa shape index (κ3) is 4.26. The second-order valence-corrected chi connectivity index (χ2v) is 7.47. The molecule has 0 aliphatic rings. The Morgan fingerprint density at radius 2 is 1.90 bits per heavy atom. The summed E-state index contributed by atoms with van der Waals surface area (Å²) in [4.78, 5) is 25.0. The first-order valence-electron chi connectivity index (χ1n) is 9.59. The zero-order valence-corrected chi connectivity index (χ0v) is 17.1. The number of hydrogen-bond donors (Lipinski definition) is 1. The Kier molecular flexibility index (Phi) is 5.63. The topological polar surface area (TPSA) is 81.3 Å². The first-order chi connectivity index (χ1) is 14.5. The predicted molar refractivity (Wildman–Crippen MR) is 116 cm³/mol. The zero-order valence-electron chi connectivity index (χ0n) is 16.4. The summed E-state index contributed by atoms with van der Waals surface area (Å²) in [6.45, 7) is 1.98. The van der Waals surface area contributed by atoms with E-state index in [0.29, 0.717) is 35.8 Å². The summed E-state index contributed by atoms with van der Waals surface area (Å²) in [6, 6.07) is 14.7. The number of anilines is 1. The molecular formula is C22H20ClN5O2. The standard InChI is InChI=1S/C22H20ClN5O2/c1-15-4-2-5-17(14-15)24-20(29)7-3-6-19-25-26-21-22(30)27(12-13-28(19)21)18-10-8-16(23)9-11-18/h2,4-5,8-14H,3,6-7H2,1H3,(H,24,29). The molecule has 2 heterocycles. The Balaban J connectivity index is 1.44. The van der Waals surface area contributed by atoms with Gasteiger partial charge in [-0.25, -0.2) is 0 Å². The number of nitrogens with one attached hydrogen (secondary N) is 1. The molecule has 0 aliphatic heterocycles. The van der Waals surface area contributed by atoms with Gasteiger partial charge in [0.1, 0.15) is 5.82 Å². The van der Waals surface area contributed by atoms with Gasteiger partial charge in [-0.3, -0.25) is 18.6 Å². The number of fused-ring (bicyclic) bond motifs is 1.